The summed E-state index contributed by atoms with van der Waals surface area (Å²) in [6.07, 6.45) is -1.66. The van der Waals surface area contributed by atoms with Gasteiger partial charge in [-0.3, -0.25) is 9.36 Å². The molecule has 0 amide bonds. The van der Waals surface area contributed by atoms with Crippen molar-refractivity contribution >= 4 is 10.9 Å². The Bertz CT molecular complexity index is 1160. The molecule has 4 rings (SSSR count). The van der Waals surface area contributed by atoms with Gasteiger partial charge in [-0.05, 0) is 35.7 Å². The molecule has 0 fully saturated rings. The Kier molecular flexibility index (Phi) is 4.02. The number of benzene rings is 2. The summed E-state index contributed by atoms with van der Waals surface area (Å²) in [5.74, 6) is 0. The van der Waals surface area contributed by atoms with Crippen molar-refractivity contribution in [2.45, 2.75) is 12.7 Å². The maximum absolute atomic E-state index is 13.1. The normalized spacial score (nSPS) is 11.8. The van der Waals surface area contributed by atoms with Crippen LogP contribution in [0.3, 0.4) is 0 Å². The minimum Gasteiger partial charge on any atom is -0.277 e. The minimum atomic E-state index is -4.49. The maximum atomic E-state index is 13.1. The molecule has 0 saturated heterocycles. The number of aromatic nitrogens is 4. The quantitative estimate of drug-likeness (QED) is 0.553. The van der Waals surface area contributed by atoms with Crippen molar-refractivity contribution in [3.05, 3.63) is 88.7 Å². The zero-order chi connectivity index (χ0) is 19.0. The van der Waals surface area contributed by atoms with Crippen LogP contribution in [0.25, 0.3) is 16.6 Å². The van der Waals surface area contributed by atoms with Crippen molar-refractivity contribution < 1.29 is 13.2 Å². The lowest BCUT2D eigenvalue weighted by Crippen LogP contribution is -2.24. The molecule has 27 heavy (non-hydrogen) atoms. The summed E-state index contributed by atoms with van der Waals surface area (Å²) < 4.78 is 42.2. The van der Waals surface area contributed by atoms with Crippen LogP contribution in [-0.2, 0) is 12.7 Å². The van der Waals surface area contributed by atoms with E-state index in [0.29, 0.717) is 11.1 Å². The number of rotatable bonds is 3. The van der Waals surface area contributed by atoms with Crippen LogP contribution in [0.1, 0.15) is 11.1 Å². The number of halogens is 3. The van der Waals surface area contributed by atoms with E-state index in [4.69, 9.17) is 0 Å². The number of nitrogens with zero attached hydrogens (tertiary/aromatic N) is 4. The Hall–Kier alpha value is -3.42. The van der Waals surface area contributed by atoms with Crippen molar-refractivity contribution in [1.82, 2.24) is 19.3 Å². The van der Waals surface area contributed by atoms with Crippen molar-refractivity contribution in [2.75, 3.05) is 0 Å². The van der Waals surface area contributed by atoms with Crippen LogP contribution in [0, 0.1) is 0 Å². The number of fused-ring (bicyclic) bond motifs is 1. The van der Waals surface area contributed by atoms with E-state index in [1.807, 2.05) is 12.1 Å². The molecular weight excluding hydrogens is 357 g/mol. The average Bonchev–Trinajstić information content (AvgIpc) is 3.15. The lowest BCUT2D eigenvalue weighted by Gasteiger charge is -2.15. The van der Waals surface area contributed by atoms with Gasteiger partial charge >= 0.3 is 6.18 Å². The number of para-hydroxylation sites is 1. The van der Waals surface area contributed by atoms with Gasteiger partial charge in [-0.1, -0.05) is 24.3 Å². The van der Waals surface area contributed by atoms with E-state index in [2.05, 4.69) is 10.1 Å². The first-order valence-electron chi connectivity index (χ1n) is 8.07. The van der Waals surface area contributed by atoms with Crippen LogP contribution in [0.5, 0.6) is 0 Å². The van der Waals surface area contributed by atoms with E-state index in [1.54, 1.807) is 18.2 Å². The van der Waals surface area contributed by atoms with Crippen LogP contribution >= 0.6 is 0 Å². The van der Waals surface area contributed by atoms with Gasteiger partial charge in [-0.25, -0.2) is 9.67 Å². The van der Waals surface area contributed by atoms with E-state index >= 15 is 0 Å². The predicted molar refractivity (Wildman–Crippen MR) is 93.7 cm³/mol. The zero-order valence-electron chi connectivity index (χ0n) is 13.9. The number of hydrogen-bond donors (Lipinski definition) is 0. The Morgan fingerprint density at radius 3 is 2.56 bits per heavy atom. The van der Waals surface area contributed by atoms with Gasteiger partial charge in [0.05, 0.1) is 17.6 Å². The van der Waals surface area contributed by atoms with Crippen LogP contribution < -0.4 is 5.56 Å². The molecule has 8 heteroatoms. The van der Waals surface area contributed by atoms with Crippen LogP contribution in [0.4, 0.5) is 13.2 Å². The Morgan fingerprint density at radius 1 is 1.00 bits per heavy atom. The monoisotopic (exact) mass is 370 g/mol. The first-order valence-corrected chi connectivity index (χ1v) is 8.07. The van der Waals surface area contributed by atoms with Gasteiger partial charge in [-0.15, -0.1) is 0 Å². The fraction of sp³-hybridized carbons (Fsp3) is 0.105. The fourth-order valence-corrected chi connectivity index (χ4v) is 3.00. The summed E-state index contributed by atoms with van der Waals surface area (Å²) in [4.78, 5) is 16.9. The molecule has 0 unspecified atom stereocenters. The summed E-state index contributed by atoms with van der Waals surface area (Å²) in [6, 6.07) is 13.5. The van der Waals surface area contributed by atoms with Crippen molar-refractivity contribution in [2.24, 2.45) is 0 Å². The van der Waals surface area contributed by atoms with E-state index in [9.17, 15) is 18.0 Å². The molecular formula is C19H13F3N4O. The minimum absolute atomic E-state index is 0.159. The van der Waals surface area contributed by atoms with E-state index in [0.717, 1.165) is 17.5 Å². The predicted octanol–water partition coefficient (Wildman–Crippen LogP) is 3.65. The van der Waals surface area contributed by atoms with E-state index < -0.39 is 17.3 Å². The molecule has 2 aromatic carbocycles. The van der Waals surface area contributed by atoms with Crippen LogP contribution in [0.2, 0.25) is 0 Å². The second kappa shape index (κ2) is 6.39. The van der Waals surface area contributed by atoms with Gasteiger partial charge < -0.3 is 0 Å². The van der Waals surface area contributed by atoms with Gasteiger partial charge in [-0.2, -0.15) is 18.3 Å². The highest BCUT2D eigenvalue weighted by molar-refractivity contribution is 5.81. The molecule has 2 heterocycles. The maximum Gasteiger partial charge on any atom is 0.416 e. The largest absolute Gasteiger partial charge is 0.416 e. The fourth-order valence-electron chi connectivity index (χ4n) is 3.00. The summed E-state index contributed by atoms with van der Waals surface area (Å²) in [6.45, 7) is 0.169. The average molecular weight is 370 g/mol. The molecule has 0 aliphatic heterocycles. The lowest BCUT2D eigenvalue weighted by atomic mass is 10.1. The van der Waals surface area contributed by atoms with Crippen molar-refractivity contribution in [1.29, 1.82) is 0 Å². The second-order valence-electron chi connectivity index (χ2n) is 6.01. The highest BCUT2D eigenvalue weighted by Gasteiger charge is 2.30. The number of alkyl halides is 3. The number of hydrogen-bond acceptors (Lipinski definition) is 3. The Morgan fingerprint density at radius 2 is 1.81 bits per heavy atom. The van der Waals surface area contributed by atoms with Crippen molar-refractivity contribution in [3.63, 3.8) is 0 Å². The van der Waals surface area contributed by atoms with Crippen molar-refractivity contribution in [3.8, 4) is 5.69 Å². The molecule has 0 spiro atoms. The third-order valence-corrected chi connectivity index (χ3v) is 4.22. The summed E-state index contributed by atoms with van der Waals surface area (Å²) in [7, 11) is 0. The topological polar surface area (TPSA) is 52.7 Å². The van der Waals surface area contributed by atoms with Crippen LogP contribution in [-0.4, -0.2) is 19.3 Å². The molecule has 0 radical (unpaired) electrons. The van der Waals surface area contributed by atoms with Gasteiger partial charge in [0, 0.05) is 11.3 Å². The third-order valence-electron chi connectivity index (χ3n) is 4.22. The summed E-state index contributed by atoms with van der Waals surface area (Å²) in [5.41, 5.74) is -0.117. The molecule has 0 atom stereocenters. The van der Waals surface area contributed by atoms with E-state index in [1.165, 1.54) is 34.0 Å². The SMILES string of the molecule is O=c1c(Cn2cncn2)cc2ccccc2n1-c1cccc(C(F)(F)F)c1. The van der Waals surface area contributed by atoms with Crippen LogP contribution in [0.15, 0.2) is 72.0 Å². The van der Waals surface area contributed by atoms with Gasteiger partial charge in [0.1, 0.15) is 12.7 Å². The molecule has 0 saturated carbocycles. The Balaban J connectivity index is 1.96. The van der Waals surface area contributed by atoms with Gasteiger partial charge in [0.25, 0.3) is 5.56 Å². The molecule has 2 aromatic heterocycles. The first kappa shape index (κ1) is 17.0. The molecule has 0 aliphatic rings. The third kappa shape index (κ3) is 3.21. The first-order chi connectivity index (χ1) is 12.9. The van der Waals surface area contributed by atoms with Gasteiger partial charge in [0.2, 0.25) is 0 Å². The second-order valence-corrected chi connectivity index (χ2v) is 6.01. The molecule has 4 aromatic rings. The Labute approximate surface area is 151 Å². The lowest BCUT2D eigenvalue weighted by molar-refractivity contribution is -0.137. The smallest absolute Gasteiger partial charge is 0.277 e. The molecule has 0 aliphatic carbocycles. The number of pyridine rings is 1. The molecule has 5 nitrogen and oxygen atoms in total. The summed E-state index contributed by atoms with van der Waals surface area (Å²) >= 11 is 0. The standard InChI is InChI=1S/C19H13F3N4O/c20-19(21,22)15-5-3-6-16(9-15)26-17-7-2-1-4-13(17)8-14(18(26)27)10-25-12-23-11-24-25/h1-9,11-12H,10H2. The molecule has 0 N–H and O–H groups in total. The van der Waals surface area contributed by atoms with Gasteiger partial charge in [0.15, 0.2) is 0 Å². The molecule has 0 bridgehead atoms. The highest BCUT2D eigenvalue weighted by Crippen LogP contribution is 2.30. The zero-order valence-corrected chi connectivity index (χ0v) is 13.9. The highest BCUT2D eigenvalue weighted by atomic mass is 19.4. The van der Waals surface area contributed by atoms with E-state index in [-0.39, 0.29) is 12.2 Å². The molecule has 136 valence electrons. The summed E-state index contributed by atoms with van der Waals surface area (Å²) in [5, 5.41) is 4.73.